The first-order valence-electron chi connectivity index (χ1n) is 5.38. The number of carboxylic acid groups (broad SMARTS) is 1. The molecule has 1 aromatic heterocycles. The van der Waals surface area contributed by atoms with Gasteiger partial charge in [0.15, 0.2) is 0 Å². The maximum atomic E-state index is 12.2. The van der Waals surface area contributed by atoms with E-state index in [0.717, 1.165) is 9.35 Å². The van der Waals surface area contributed by atoms with Gasteiger partial charge in [-0.25, -0.2) is 4.79 Å². The van der Waals surface area contributed by atoms with Gasteiger partial charge in [0.05, 0.1) is 14.8 Å². The topological polar surface area (TPSA) is 77.8 Å². The van der Waals surface area contributed by atoms with Crippen LogP contribution in [0.3, 0.4) is 0 Å². The van der Waals surface area contributed by atoms with E-state index in [1.807, 2.05) is 6.92 Å². The van der Waals surface area contributed by atoms with Crippen LogP contribution < -0.4 is 0 Å². The van der Waals surface area contributed by atoms with E-state index < -0.39 is 18.1 Å². The highest BCUT2D eigenvalue weighted by Crippen LogP contribution is 2.30. The number of β-amino-alcohol motifs (C(OH)–C–C–N with tert-alkyl or cyclic N) is 1. The summed E-state index contributed by atoms with van der Waals surface area (Å²) < 4.78 is 0.859. The fourth-order valence-corrected chi connectivity index (χ4v) is 3.47. The number of carbonyl (C=O) groups excluding carboxylic acids is 1. The van der Waals surface area contributed by atoms with Crippen molar-refractivity contribution in [2.24, 2.45) is 0 Å². The van der Waals surface area contributed by atoms with E-state index in [1.165, 1.54) is 16.2 Å². The molecule has 0 aromatic carbocycles. The van der Waals surface area contributed by atoms with E-state index in [2.05, 4.69) is 15.9 Å². The molecule has 1 saturated heterocycles. The SMILES string of the molecule is Cc1cc(C(=O)N2C[C@H](O)C[C@@H]2C(=O)O)sc1Br. The van der Waals surface area contributed by atoms with Crippen molar-refractivity contribution < 1.29 is 19.8 Å². The molecule has 1 amide bonds. The largest absolute Gasteiger partial charge is 0.480 e. The molecular weight excluding hydrogens is 322 g/mol. The molecule has 1 aliphatic heterocycles. The van der Waals surface area contributed by atoms with Crippen molar-refractivity contribution in [2.45, 2.75) is 25.5 Å². The standard InChI is InChI=1S/C11H12BrNO4S/c1-5-2-8(18-9(5)12)10(15)13-4-6(14)3-7(13)11(16)17/h2,6-7,14H,3-4H2,1H3,(H,16,17)/t6-,7-/m1/s1. The minimum Gasteiger partial charge on any atom is -0.480 e. The molecule has 0 saturated carbocycles. The normalized spacial score (nSPS) is 23.4. The summed E-state index contributed by atoms with van der Waals surface area (Å²) in [5, 5.41) is 18.6. The van der Waals surface area contributed by atoms with Gasteiger partial charge in [0.25, 0.3) is 5.91 Å². The Bertz CT molecular complexity index is 482. The van der Waals surface area contributed by atoms with Crippen molar-refractivity contribution in [3.05, 3.63) is 20.3 Å². The Morgan fingerprint density at radius 3 is 2.72 bits per heavy atom. The monoisotopic (exact) mass is 333 g/mol. The molecule has 98 valence electrons. The zero-order chi connectivity index (χ0) is 13.4. The number of carboxylic acids is 1. The summed E-state index contributed by atoms with van der Waals surface area (Å²) in [6.07, 6.45) is -0.674. The van der Waals surface area contributed by atoms with Crippen molar-refractivity contribution in [1.29, 1.82) is 0 Å². The van der Waals surface area contributed by atoms with Crippen LogP contribution in [-0.4, -0.2) is 45.7 Å². The fourth-order valence-electron chi connectivity index (χ4n) is 1.98. The summed E-state index contributed by atoms with van der Waals surface area (Å²) in [5.41, 5.74) is 0.940. The van der Waals surface area contributed by atoms with E-state index in [1.54, 1.807) is 6.07 Å². The number of likely N-dealkylation sites (tertiary alicyclic amines) is 1. The Balaban J connectivity index is 2.25. The van der Waals surface area contributed by atoms with Crippen LogP contribution in [0.1, 0.15) is 21.7 Å². The van der Waals surface area contributed by atoms with Crippen molar-refractivity contribution in [2.75, 3.05) is 6.54 Å². The minimum absolute atomic E-state index is 0.0738. The zero-order valence-electron chi connectivity index (χ0n) is 9.59. The van der Waals surface area contributed by atoms with Gasteiger partial charge in [0, 0.05) is 13.0 Å². The second kappa shape index (κ2) is 4.99. The lowest BCUT2D eigenvalue weighted by atomic mass is 10.2. The molecule has 0 spiro atoms. The van der Waals surface area contributed by atoms with Crippen molar-refractivity contribution in [1.82, 2.24) is 4.90 Å². The third kappa shape index (κ3) is 2.43. The predicted octanol–water partition coefficient (Wildman–Crippen LogP) is 1.48. The molecule has 0 aliphatic carbocycles. The molecule has 7 heteroatoms. The van der Waals surface area contributed by atoms with Crippen LogP contribution in [0.2, 0.25) is 0 Å². The first kappa shape index (κ1) is 13.5. The van der Waals surface area contributed by atoms with E-state index in [-0.39, 0.29) is 18.9 Å². The smallest absolute Gasteiger partial charge is 0.326 e. The summed E-state index contributed by atoms with van der Waals surface area (Å²) in [6, 6.07) is 0.787. The highest BCUT2D eigenvalue weighted by Gasteiger charge is 2.39. The molecule has 0 bridgehead atoms. The summed E-state index contributed by atoms with van der Waals surface area (Å²) in [4.78, 5) is 25.0. The van der Waals surface area contributed by atoms with E-state index in [0.29, 0.717) is 4.88 Å². The van der Waals surface area contributed by atoms with Gasteiger partial charge in [-0.05, 0) is 34.5 Å². The number of nitrogens with zero attached hydrogens (tertiary/aromatic N) is 1. The molecule has 5 nitrogen and oxygen atoms in total. The average Bonchev–Trinajstić information content (AvgIpc) is 2.82. The summed E-state index contributed by atoms with van der Waals surface area (Å²) in [7, 11) is 0. The van der Waals surface area contributed by atoms with Crippen LogP contribution in [0.4, 0.5) is 0 Å². The predicted molar refractivity (Wildman–Crippen MR) is 69.8 cm³/mol. The van der Waals surface area contributed by atoms with Gasteiger partial charge in [0.1, 0.15) is 6.04 Å². The maximum absolute atomic E-state index is 12.2. The van der Waals surface area contributed by atoms with Crippen molar-refractivity contribution >= 4 is 39.1 Å². The molecule has 18 heavy (non-hydrogen) atoms. The number of hydrogen-bond donors (Lipinski definition) is 2. The first-order chi connectivity index (χ1) is 8.40. The Labute approximate surface area is 116 Å². The molecule has 1 aromatic rings. The lowest BCUT2D eigenvalue weighted by Gasteiger charge is -2.20. The van der Waals surface area contributed by atoms with Crippen LogP contribution in [0, 0.1) is 6.92 Å². The van der Waals surface area contributed by atoms with Gasteiger partial charge in [-0.15, -0.1) is 11.3 Å². The highest BCUT2D eigenvalue weighted by molar-refractivity contribution is 9.11. The van der Waals surface area contributed by atoms with Crippen LogP contribution in [0.5, 0.6) is 0 Å². The molecule has 2 atom stereocenters. The van der Waals surface area contributed by atoms with Crippen LogP contribution in [0.25, 0.3) is 0 Å². The lowest BCUT2D eigenvalue weighted by molar-refractivity contribution is -0.141. The van der Waals surface area contributed by atoms with Crippen molar-refractivity contribution in [3.63, 3.8) is 0 Å². The van der Waals surface area contributed by atoms with Gasteiger partial charge in [-0.2, -0.15) is 0 Å². The number of aryl methyl sites for hydroxylation is 1. The quantitative estimate of drug-likeness (QED) is 0.859. The second-order valence-electron chi connectivity index (χ2n) is 4.27. The number of rotatable bonds is 2. The third-order valence-corrected chi connectivity index (χ3v) is 5.02. The average molecular weight is 334 g/mol. The van der Waals surface area contributed by atoms with Crippen LogP contribution in [-0.2, 0) is 4.79 Å². The van der Waals surface area contributed by atoms with E-state index in [4.69, 9.17) is 5.11 Å². The van der Waals surface area contributed by atoms with Gasteiger partial charge in [0.2, 0.25) is 0 Å². The Kier molecular flexibility index (Phi) is 3.74. The van der Waals surface area contributed by atoms with Gasteiger partial charge >= 0.3 is 5.97 Å². The second-order valence-corrected chi connectivity index (χ2v) is 6.64. The number of hydrogen-bond acceptors (Lipinski definition) is 4. The number of aliphatic hydroxyl groups excluding tert-OH is 1. The number of halogens is 1. The molecule has 2 rings (SSSR count). The molecular formula is C11H12BrNO4S. The molecule has 0 radical (unpaired) electrons. The van der Waals surface area contributed by atoms with Crippen LogP contribution in [0.15, 0.2) is 9.85 Å². The molecule has 1 fully saturated rings. The Morgan fingerprint density at radius 1 is 1.56 bits per heavy atom. The van der Waals surface area contributed by atoms with Gasteiger partial charge < -0.3 is 15.1 Å². The van der Waals surface area contributed by atoms with Crippen molar-refractivity contribution in [3.8, 4) is 0 Å². The number of aliphatic carboxylic acids is 1. The van der Waals surface area contributed by atoms with E-state index >= 15 is 0 Å². The Morgan fingerprint density at radius 2 is 2.22 bits per heavy atom. The maximum Gasteiger partial charge on any atom is 0.326 e. The number of thiophene rings is 1. The fraction of sp³-hybridized carbons (Fsp3) is 0.455. The molecule has 2 N–H and O–H groups in total. The minimum atomic E-state index is -1.08. The Hall–Kier alpha value is -0.920. The number of carbonyl (C=O) groups is 2. The number of amides is 1. The zero-order valence-corrected chi connectivity index (χ0v) is 12.0. The number of aliphatic hydroxyl groups is 1. The molecule has 1 aliphatic rings. The van der Waals surface area contributed by atoms with Gasteiger partial charge in [-0.3, -0.25) is 4.79 Å². The summed E-state index contributed by atoms with van der Waals surface area (Å²) >= 11 is 4.61. The lowest BCUT2D eigenvalue weighted by Crippen LogP contribution is -2.40. The highest BCUT2D eigenvalue weighted by atomic mass is 79.9. The summed E-state index contributed by atoms with van der Waals surface area (Å²) in [5.74, 6) is -1.41. The summed E-state index contributed by atoms with van der Waals surface area (Å²) in [6.45, 7) is 1.94. The van der Waals surface area contributed by atoms with E-state index in [9.17, 15) is 14.7 Å². The molecule has 2 heterocycles. The molecule has 0 unspecified atom stereocenters. The third-order valence-electron chi connectivity index (χ3n) is 2.89. The first-order valence-corrected chi connectivity index (χ1v) is 6.99. The van der Waals surface area contributed by atoms with Crippen LogP contribution >= 0.6 is 27.3 Å². The van der Waals surface area contributed by atoms with Gasteiger partial charge in [-0.1, -0.05) is 0 Å².